The molecule has 2 aromatic rings. The lowest BCUT2D eigenvalue weighted by Crippen LogP contribution is -2.15. The van der Waals surface area contributed by atoms with Gasteiger partial charge in [-0.1, -0.05) is 0 Å². The minimum atomic E-state index is -3.60. The Balaban J connectivity index is 2.12. The molecule has 3 N–H and O–H groups in total. The molecule has 0 aromatic heterocycles. The molecule has 0 unspecified atom stereocenters. The average molecular weight is 365 g/mol. The van der Waals surface area contributed by atoms with Gasteiger partial charge in [0.25, 0.3) is 0 Å². The van der Waals surface area contributed by atoms with Gasteiger partial charge in [-0.15, -0.1) is 0 Å². The van der Waals surface area contributed by atoms with Crippen molar-refractivity contribution < 1.29 is 33.0 Å². The molecule has 0 saturated carbocycles. The second-order valence-electron chi connectivity index (χ2n) is 5.15. The van der Waals surface area contributed by atoms with E-state index in [-0.39, 0.29) is 16.4 Å². The van der Waals surface area contributed by atoms with Gasteiger partial charge in [-0.2, -0.15) is 0 Å². The molecule has 0 bridgehead atoms. The number of carboxylic acids is 1. The first-order valence-electron chi connectivity index (χ1n) is 6.98. The van der Waals surface area contributed by atoms with Crippen molar-refractivity contribution in [1.82, 2.24) is 0 Å². The molecule has 0 fully saturated rings. The molecule has 8 nitrogen and oxygen atoms in total. The molecule has 0 spiro atoms. The number of carbonyl (C=O) groups is 2. The number of ether oxygens (including phenoxy) is 1. The van der Waals surface area contributed by atoms with Crippen molar-refractivity contribution in [3.8, 4) is 17.2 Å². The summed E-state index contributed by atoms with van der Waals surface area (Å²) in [6.07, 6.45) is 0.334. The molecular formula is C16H15NO7S. The van der Waals surface area contributed by atoms with Gasteiger partial charge in [0, 0.05) is 18.0 Å². The van der Waals surface area contributed by atoms with Crippen LogP contribution in [0.3, 0.4) is 0 Å². The lowest BCUT2D eigenvalue weighted by atomic mass is 10.3. The number of sulfone groups is 1. The molecular weight excluding hydrogens is 350 g/mol. The number of phenolic OH excluding ortho intramolecular Hbond substituents is 1. The van der Waals surface area contributed by atoms with E-state index in [4.69, 9.17) is 9.84 Å². The minimum Gasteiger partial charge on any atom is -0.507 e. The Morgan fingerprint density at radius 3 is 2.24 bits per heavy atom. The average Bonchev–Trinajstić information content (AvgIpc) is 2.49. The Bertz CT molecular complexity index is 905. The maximum atomic E-state index is 11.6. The molecule has 2 rings (SSSR count). The van der Waals surface area contributed by atoms with E-state index in [2.05, 4.69) is 5.32 Å². The normalized spacial score (nSPS) is 10.9. The van der Waals surface area contributed by atoms with Gasteiger partial charge in [-0.3, -0.25) is 9.59 Å². The van der Waals surface area contributed by atoms with Gasteiger partial charge in [0.15, 0.2) is 9.84 Å². The summed E-state index contributed by atoms with van der Waals surface area (Å²) < 4.78 is 28.7. The van der Waals surface area contributed by atoms with E-state index in [9.17, 15) is 23.1 Å². The number of phenols is 1. The third-order valence-electron chi connectivity index (χ3n) is 3.02. The minimum absolute atomic E-state index is 0.209. The number of amides is 1. The van der Waals surface area contributed by atoms with E-state index in [1.165, 1.54) is 42.5 Å². The molecule has 25 heavy (non-hydrogen) atoms. The highest BCUT2D eigenvalue weighted by atomic mass is 32.2. The standard InChI is InChI=1S/C16H15NO7S/c1-25(22,23)14-8-12(6-7-13(14)18)24-11-4-2-10(3-5-11)17-15(19)9-16(20)21/h2-8,18H,9H2,1H3,(H,17,19)(H,20,21). The number of rotatable bonds is 6. The first kappa shape index (κ1) is 18.3. The SMILES string of the molecule is CS(=O)(=O)c1cc(Oc2ccc(NC(=O)CC(=O)O)cc2)ccc1O. The van der Waals surface area contributed by atoms with Crippen LogP contribution in [0.25, 0.3) is 0 Å². The van der Waals surface area contributed by atoms with E-state index in [1.54, 1.807) is 0 Å². The predicted octanol–water partition coefficient (Wildman–Crippen LogP) is 2.00. The van der Waals surface area contributed by atoms with Crippen LogP contribution < -0.4 is 10.1 Å². The number of hydrogen-bond donors (Lipinski definition) is 3. The molecule has 0 aliphatic carbocycles. The van der Waals surface area contributed by atoms with Crippen molar-refractivity contribution in [1.29, 1.82) is 0 Å². The van der Waals surface area contributed by atoms with Crippen LogP contribution in [0.4, 0.5) is 5.69 Å². The van der Waals surface area contributed by atoms with Crippen LogP contribution in [-0.4, -0.2) is 36.8 Å². The first-order chi connectivity index (χ1) is 11.6. The molecule has 1 amide bonds. The summed E-state index contributed by atoms with van der Waals surface area (Å²) in [5, 5.41) is 20.5. The smallest absolute Gasteiger partial charge is 0.312 e. The van der Waals surface area contributed by atoms with Crippen LogP contribution in [0, 0.1) is 0 Å². The van der Waals surface area contributed by atoms with Crippen molar-refractivity contribution in [2.45, 2.75) is 11.3 Å². The van der Waals surface area contributed by atoms with Crippen LogP contribution >= 0.6 is 0 Å². The highest BCUT2D eigenvalue weighted by Crippen LogP contribution is 2.30. The van der Waals surface area contributed by atoms with Gasteiger partial charge >= 0.3 is 5.97 Å². The summed E-state index contributed by atoms with van der Waals surface area (Å²) in [7, 11) is -3.60. The monoisotopic (exact) mass is 365 g/mol. The van der Waals surface area contributed by atoms with Crippen LogP contribution in [0.1, 0.15) is 6.42 Å². The summed E-state index contributed by atoms with van der Waals surface area (Å²) in [6.45, 7) is 0. The Hall–Kier alpha value is -3.07. The molecule has 0 aliphatic heterocycles. The maximum absolute atomic E-state index is 11.6. The molecule has 0 heterocycles. The first-order valence-corrected chi connectivity index (χ1v) is 8.87. The number of anilines is 1. The Labute approximate surface area is 143 Å². The summed E-state index contributed by atoms with van der Waals surface area (Å²) in [4.78, 5) is 21.5. The Morgan fingerprint density at radius 2 is 1.68 bits per heavy atom. The van der Waals surface area contributed by atoms with Crippen molar-refractivity contribution >= 4 is 27.4 Å². The van der Waals surface area contributed by atoms with Crippen molar-refractivity contribution in [3.63, 3.8) is 0 Å². The third-order valence-corrected chi connectivity index (χ3v) is 4.14. The van der Waals surface area contributed by atoms with E-state index in [0.717, 1.165) is 6.26 Å². The topological polar surface area (TPSA) is 130 Å². The fourth-order valence-electron chi connectivity index (χ4n) is 1.94. The zero-order valence-corrected chi connectivity index (χ0v) is 13.9. The van der Waals surface area contributed by atoms with Gasteiger partial charge in [0.05, 0.1) is 0 Å². The van der Waals surface area contributed by atoms with Crippen LogP contribution in [0.15, 0.2) is 47.4 Å². The summed E-state index contributed by atoms with van der Waals surface area (Å²) in [6, 6.07) is 9.87. The molecule has 0 atom stereocenters. The second-order valence-corrected chi connectivity index (χ2v) is 7.13. The van der Waals surface area contributed by atoms with E-state index in [0.29, 0.717) is 11.4 Å². The molecule has 9 heteroatoms. The number of benzene rings is 2. The highest BCUT2D eigenvalue weighted by Gasteiger charge is 2.14. The lowest BCUT2D eigenvalue weighted by molar-refractivity contribution is -0.139. The number of carboxylic acid groups (broad SMARTS) is 1. The van der Waals surface area contributed by atoms with Gasteiger partial charge in [-0.05, 0) is 36.4 Å². The number of aromatic hydroxyl groups is 1. The van der Waals surface area contributed by atoms with Crippen LogP contribution in [0.5, 0.6) is 17.2 Å². The van der Waals surface area contributed by atoms with Crippen LogP contribution in [-0.2, 0) is 19.4 Å². The second kappa shape index (κ2) is 7.22. The Morgan fingerprint density at radius 1 is 1.08 bits per heavy atom. The van der Waals surface area contributed by atoms with Crippen molar-refractivity contribution in [2.75, 3.05) is 11.6 Å². The van der Waals surface area contributed by atoms with Crippen LogP contribution in [0.2, 0.25) is 0 Å². The fraction of sp³-hybridized carbons (Fsp3) is 0.125. The zero-order valence-electron chi connectivity index (χ0n) is 13.1. The molecule has 0 radical (unpaired) electrons. The van der Waals surface area contributed by atoms with Crippen molar-refractivity contribution in [3.05, 3.63) is 42.5 Å². The number of carbonyl (C=O) groups excluding carboxylic acids is 1. The third kappa shape index (κ3) is 5.21. The summed E-state index contributed by atoms with van der Waals surface area (Å²) >= 11 is 0. The number of nitrogens with one attached hydrogen (secondary N) is 1. The highest BCUT2D eigenvalue weighted by molar-refractivity contribution is 7.90. The van der Waals surface area contributed by atoms with E-state index in [1.807, 2.05) is 0 Å². The summed E-state index contributed by atoms with van der Waals surface area (Å²) in [5.74, 6) is -1.68. The van der Waals surface area contributed by atoms with Gasteiger partial charge in [0.2, 0.25) is 5.91 Å². The van der Waals surface area contributed by atoms with Gasteiger partial charge in [0.1, 0.15) is 28.6 Å². The predicted molar refractivity (Wildman–Crippen MR) is 88.6 cm³/mol. The molecule has 0 saturated heterocycles. The molecule has 132 valence electrons. The van der Waals surface area contributed by atoms with Crippen molar-refractivity contribution in [2.24, 2.45) is 0 Å². The Kier molecular flexibility index (Phi) is 5.28. The van der Waals surface area contributed by atoms with Gasteiger partial charge in [-0.25, -0.2) is 8.42 Å². The number of aliphatic carboxylic acids is 1. The van der Waals surface area contributed by atoms with E-state index < -0.39 is 28.1 Å². The largest absolute Gasteiger partial charge is 0.507 e. The number of hydrogen-bond acceptors (Lipinski definition) is 6. The molecule has 2 aromatic carbocycles. The van der Waals surface area contributed by atoms with Gasteiger partial charge < -0.3 is 20.3 Å². The lowest BCUT2D eigenvalue weighted by Gasteiger charge is -2.09. The fourth-order valence-corrected chi connectivity index (χ4v) is 2.72. The zero-order chi connectivity index (χ0) is 18.6. The quantitative estimate of drug-likeness (QED) is 0.667. The van der Waals surface area contributed by atoms with E-state index >= 15 is 0 Å². The molecule has 0 aliphatic rings. The maximum Gasteiger partial charge on any atom is 0.312 e. The summed E-state index contributed by atoms with van der Waals surface area (Å²) in [5.41, 5.74) is 0.390.